The molecule has 0 heterocycles. The number of hydrogen-bond acceptors (Lipinski definition) is 4. The summed E-state index contributed by atoms with van der Waals surface area (Å²) in [5, 5.41) is 2.46. The molecule has 2 rings (SSSR count). The molecule has 0 radical (unpaired) electrons. The molecule has 0 saturated heterocycles. The summed E-state index contributed by atoms with van der Waals surface area (Å²) in [6.45, 7) is 1.61. The van der Waals surface area contributed by atoms with Crippen molar-refractivity contribution in [3.63, 3.8) is 0 Å². The fourth-order valence-corrected chi connectivity index (χ4v) is 3.78. The maximum absolute atomic E-state index is 12.7. The molecule has 0 aliphatic heterocycles. The third kappa shape index (κ3) is 7.39. The van der Waals surface area contributed by atoms with Gasteiger partial charge in [-0.15, -0.1) is 0 Å². The second-order valence-corrected chi connectivity index (χ2v) is 8.07. The van der Waals surface area contributed by atoms with Crippen molar-refractivity contribution in [2.24, 2.45) is 0 Å². The van der Waals surface area contributed by atoms with Crippen LogP contribution in [0.15, 0.2) is 47.4 Å². The van der Waals surface area contributed by atoms with Crippen LogP contribution in [0, 0.1) is 13.8 Å². The Morgan fingerprint density at radius 1 is 1.07 bits per heavy atom. The zero-order valence-corrected chi connectivity index (χ0v) is 16.7. The van der Waals surface area contributed by atoms with Crippen molar-refractivity contribution in [3.05, 3.63) is 53.6 Å². The van der Waals surface area contributed by atoms with E-state index in [0.29, 0.717) is 11.3 Å². The van der Waals surface area contributed by atoms with Crippen LogP contribution in [0.2, 0.25) is 0 Å². The predicted octanol–water partition coefficient (Wildman–Crippen LogP) is 4.01. The number of anilines is 2. The molecule has 0 saturated carbocycles. The number of nitrogens with one attached hydrogen (secondary N) is 2. The monoisotopic (exact) mass is 430 g/mol. The van der Waals surface area contributed by atoms with E-state index in [2.05, 4.69) is 14.8 Å². The molecule has 0 spiro atoms. The van der Waals surface area contributed by atoms with Crippen molar-refractivity contribution in [1.82, 2.24) is 0 Å². The van der Waals surface area contributed by atoms with Gasteiger partial charge in [-0.2, -0.15) is 13.2 Å². The Hall–Kier alpha value is -2.59. The first-order valence-electron chi connectivity index (χ1n) is 8.61. The number of benzene rings is 2. The number of alkyl halides is 3. The van der Waals surface area contributed by atoms with Gasteiger partial charge in [0.1, 0.15) is 6.61 Å². The van der Waals surface area contributed by atoms with Crippen LogP contribution >= 0.6 is 0 Å². The maximum atomic E-state index is 12.7. The van der Waals surface area contributed by atoms with Crippen molar-refractivity contribution < 1.29 is 31.1 Å². The van der Waals surface area contributed by atoms with Crippen molar-refractivity contribution in [3.8, 4) is 0 Å². The van der Waals surface area contributed by atoms with E-state index < -0.39 is 35.3 Å². The summed E-state index contributed by atoms with van der Waals surface area (Å²) in [7, 11) is -3.91. The summed E-state index contributed by atoms with van der Waals surface area (Å²) in [6, 6.07) is 11.2. The highest BCUT2D eigenvalue weighted by molar-refractivity contribution is 7.92. The first-order valence-corrected chi connectivity index (χ1v) is 10.1. The minimum atomic E-state index is -4.46. The lowest BCUT2D eigenvalue weighted by molar-refractivity contribution is -0.174. The molecule has 0 bridgehead atoms. The molecule has 1 amide bonds. The van der Waals surface area contributed by atoms with E-state index in [1.807, 2.05) is 13.0 Å². The number of hydrogen-bond donors (Lipinski definition) is 2. The molecule has 6 nitrogen and oxygen atoms in total. The summed E-state index contributed by atoms with van der Waals surface area (Å²) in [6.07, 6.45) is -4.76. The van der Waals surface area contributed by atoms with Gasteiger partial charge >= 0.3 is 6.18 Å². The van der Waals surface area contributed by atoms with Crippen LogP contribution in [-0.4, -0.2) is 33.7 Å². The first-order chi connectivity index (χ1) is 13.5. The van der Waals surface area contributed by atoms with Crippen LogP contribution in [0.1, 0.15) is 17.5 Å². The molecule has 158 valence electrons. The van der Waals surface area contributed by atoms with Crippen molar-refractivity contribution in [1.29, 1.82) is 0 Å². The largest absolute Gasteiger partial charge is 0.411 e. The minimum Gasteiger partial charge on any atom is -0.372 e. The van der Waals surface area contributed by atoms with Crippen LogP contribution < -0.4 is 10.0 Å². The number of rotatable bonds is 8. The zero-order valence-electron chi connectivity index (χ0n) is 15.8. The lowest BCUT2D eigenvalue weighted by Crippen LogP contribution is -2.20. The standard InChI is InChI=1S/C19H21F3N2O4S/c1-13-4-3-5-16(10-13)24-29(26,27)17-11-15(7-6-14(17)2)23-18(25)8-9-28-12-19(20,21)22/h3-7,10-11,24H,8-9,12H2,1-2H3,(H,23,25). The van der Waals surface area contributed by atoms with E-state index in [9.17, 15) is 26.4 Å². The smallest absolute Gasteiger partial charge is 0.372 e. The van der Waals surface area contributed by atoms with Crippen molar-refractivity contribution in [2.75, 3.05) is 23.3 Å². The van der Waals surface area contributed by atoms with Crippen molar-refractivity contribution in [2.45, 2.75) is 31.3 Å². The molecular formula is C19H21F3N2O4S. The number of sulfonamides is 1. The van der Waals surface area contributed by atoms with E-state index in [0.717, 1.165) is 5.56 Å². The van der Waals surface area contributed by atoms with Crippen LogP contribution in [0.5, 0.6) is 0 Å². The number of carbonyl (C=O) groups excluding carboxylic acids is 1. The topological polar surface area (TPSA) is 84.5 Å². The van der Waals surface area contributed by atoms with Gasteiger partial charge < -0.3 is 10.1 Å². The highest BCUT2D eigenvalue weighted by Crippen LogP contribution is 2.23. The van der Waals surface area contributed by atoms with Crippen LogP contribution in [0.25, 0.3) is 0 Å². The van der Waals surface area contributed by atoms with E-state index in [1.54, 1.807) is 25.1 Å². The molecule has 0 fully saturated rings. The molecule has 2 N–H and O–H groups in total. The second kappa shape index (κ2) is 9.27. The fraction of sp³-hybridized carbons (Fsp3) is 0.316. The SMILES string of the molecule is Cc1cccc(NS(=O)(=O)c2cc(NC(=O)CCOCC(F)(F)F)ccc2C)c1. The van der Waals surface area contributed by atoms with E-state index in [1.165, 1.54) is 18.2 Å². The Kier molecular flexibility index (Phi) is 7.26. The normalized spacial score (nSPS) is 11.9. The Labute approximate surface area is 167 Å². The van der Waals surface area contributed by atoms with E-state index in [-0.39, 0.29) is 17.0 Å². The van der Waals surface area contributed by atoms with Gasteiger partial charge in [0.15, 0.2) is 0 Å². The molecule has 0 aromatic heterocycles. The fourth-order valence-electron chi connectivity index (χ4n) is 2.46. The maximum Gasteiger partial charge on any atom is 0.411 e. The van der Waals surface area contributed by atoms with E-state index >= 15 is 0 Å². The molecular weight excluding hydrogens is 409 g/mol. The Balaban J connectivity index is 2.06. The lowest BCUT2D eigenvalue weighted by atomic mass is 10.2. The summed E-state index contributed by atoms with van der Waals surface area (Å²) in [5.41, 5.74) is 1.97. The van der Waals surface area contributed by atoms with Gasteiger partial charge in [0, 0.05) is 11.4 Å². The third-order valence-electron chi connectivity index (χ3n) is 3.77. The van der Waals surface area contributed by atoms with Gasteiger partial charge in [0.05, 0.1) is 17.9 Å². The number of amides is 1. The highest BCUT2D eigenvalue weighted by Gasteiger charge is 2.27. The van der Waals surface area contributed by atoms with Gasteiger partial charge in [-0.1, -0.05) is 18.2 Å². The minimum absolute atomic E-state index is 0.0230. The molecule has 10 heteroatoms. The third-order valence-corrected chi connectivity index (χ3v) is 5.29. The van der Waals surface area contributed by atoms with Gasteiger partial charge in [0.25, 0.3) is 10.0 Å². The molecule has 0 atom stereocenters. The highest BCUT2D eigenvalue weighted by atomic mass is 32.2. The molecule has 0 aliphatic carbocycles. The van der Waals surface area contributed by atoms with Crippen molar-refractivity contribution >= 4 is 27.3 Å². The lowest BCUT2D eigenvalue weighted by Gasteiger charge is -2.13. The number of ether oxygens (including phenoxy) is 1. The average molecular weight is 430 g/mol. The zero-order chi connectivity index (χ0) is 21.7. The quantitative estimate of drug-likeness (QED) is 0.620. The number of carbonyl (C=O) groups is 1. The molecule has 2 aromatic carbocycles. The summed E-state index contributed by atoms with van der Waals surface area (Å²) >= 11 is 0. The molecule has 0 aliphatic rings. The predicted molar refractivity (Wildman–Crippen MR) is 103 cm³/mol. The first kappa shape index (κ1) is 22.7. The summed E-state index contributed by atoms with van der Waals surface area (Å²) < 4.78 is 68.4. The van der Waals surface area contributed by atoms with Gasteiger partial charge in [0.2, 0.25) is 5.91 Å². The Bertz CT molecular complexity index is 976. The summed E-state index contributed by atoms with van der Waals surface area (Å²) in [4.78, 5) is 11.9. The summed E-state index contributed by atoms with van der Waals surface area (Å²) in [5.74, 6) is -0.592. The number of halogens is 3. The van der Waals surface area contributed by atoms with Gasteiger partial charge in [-0.25, -0.2) is 8.42 Å². The number of aryl methyl sites for hydroxylation is 2. The van der Waals surface area contributed by atoms with Crippen LogP contribution in [0.3, 0.4) is 0 Å². The Morgan fingerprint density at radius 2 is 1.79 bits per heavy atom. The Morgan fingerprint density at radius 3 is 2.45 bits per heavy atom. The molecule has 0 unspecified atom stereocenters. The van der Waals surface area contributed by atoms with E-state index in [4.69, 9.17) is 0 Å². The van der Waals surface area contributed by atoms with Crippen LogP contribution in [0.4, 0.5) is 24.5 Å². The van der Waals surface area contributed by atoms with Crippen LogP contribution in [-0.2, 0) is 19.6 Å². The molecule has 29 heavy (non-hydrogen) atoms. The van der Waals surface area contributed by atoms with Gasteiger partial charge in [-0.3, -0.25) is 9.52 Å². The second-order valence-electron chi connectivity index (χ2n) is 6.42. The average Bonchev–Trinajstić information content (AvgIpc) is 2.59. The van der Waals surface area contributed by atoms with Gasteiger partial charge in [-0.05, 0) is 49.2 Å². The molecule has 2 aromatic rings.